The molecule has 4 bridgehead atoms. The van der Waals surface area contributed by atoms with Crippen LogP contribution < -0.4 is 17.7 Å². The lowest BCUT2D eigenvalue weighted by Crippen LogP contribution is -3.00. The summed E-state index contributed by atoms with van der Waals surface area (Å²) in [5.74, 6) is 9.61. The molecule has 112 valence electrons. The van der Waals surface area contributed by atoms with Crippen LogP contribution in [0.3, 0.4) is 0 Å². The SMILES string of the molecule is C(#Cc1ccccc1)CNC12CC3CC(CC(C3)C1)C2.[Cl-]. The first-order valence-electron chi connectivity index (χ1n) is 8.10. The van der Waals surface area contributed by atoms with Crippen LogP contribution in [0, 0.1) is 29.6 Å². The summed E-state index contributed by atoms with van der Waals surface area (Å²) in [4.78, 5) is 0. The third-order valence-electron chi connectivity index (χ3n) is 5.60. The normalized spacial score (nSPS) is 35.7. The largest absolute Gasteiger partial charge is 1.00 e. The first-order chi connectivity index (χ1) is 9.81. The number of halogens is 1. The van der Waals surface area contributed by atoms with E-state index in [0.29, 0.717) is 5.54 Å². The van der Waals surface area contributed by atoms with Crippen molar-refractivity contribution in [2.75, 3.05) is 6.54 Å². The Kier molecular flexibility index (Phi) is 4.29. The van der Waals surface area contributed by atoms with Crippen LogP contribution in [0.4, 0.5) is 0 Å². The van der Waals surface area contributed by atoms with Crippen molar-refractivity contribution in [2.45, 2.75) is 44.1 Å². The van der Waals surface area contributed by atoms with Gasteiger partial charge in [0.15, 0.2) is 0 Å². The molecule has 0 amide bonds. The fourth-order valence-electron chi connectivity index (χ4n) is 5.23. The molecule has 0 atom stereocenters. The fraction of sp³-hybridized carbons (Fsp3) is 0.579. The van der Waals surface area contributed by atoms with E-state index in [1.54, 1.807) is 0 Å². The summed E-state index contributed by atoms with van der Waals surface area (Å²) in [7, 11) is 0. The lowest BCUT2D eigenvalue weighted by Gasteiger charge is -2.57. The highest BCUT2D eigenvalue weighted by atomic mass is 35.5. The Bertz CT molecular complexity index is 504. The zero-order chi connectivity index (χ0) is 13.4. The molecule has 0 radical (unpaired) electrons. The second-order valence-electron chi connectivity index (χ2n) is 7.22. The Morgan fingerprint density at radius 3 is 2.10 bits per heavy atom. The van der Waals surface area contributed by atoms with Gasteiger partial charge < -0.3 is 17.7 Å². The Labute approximate surface area is 134 Å². The van der Waals surface area contributed by atoms with Crippen molar-refractivity contribution < 1.29 is 12.4 Å². The third kappa shape index (κ3) is 3.12. The summed E-state index contributed by atoms with van der Waals surface area (Å²) in [6, 6.07) is 10.3. The van der Waals surface area contributed by atoms with E-state index in [0.717, 1.165) is 29.9 Å². The van der Waals surface area contributed by atoms with Crippen molar-refractivity contribution in [3.8, 4) is 11.8 Å². The topological polar surface area (TPSA) is 12.0 Å². The molecule has 0 saturated heterocycles. The molecule has 4 aliphatic rings. The zero-order valence-electron chi connectivity index (χ0n) is 12.4. The molecule has 4 aliphatic carbocycles. The van der Waals surface area contributed by atoms with Gasteiger partial charge in [-0.1, -0.05) is 30.0 Å². The van der Waals surface area contributed by atoms with Gasteiger partial charge in [0.2, 0.25) is 0 Å². The van der Waals surface area contributed by atoms with E-state index in [1.807, 2.05) is 6.07 Å². The average Bonchev–Trinajstić information content (AvgIpc) is 2.43. The number of rotatable bonds is 2. The Morgan fingerprint density at radius 2 is 1.52 bits per heavy atom. The second kappa shape index (κ2) is 6.03. The van der Waals surface area contributed by atoms with Crippen LogP contribution in [0.25, 0.3) is 0 Å². The fourth-order valence-corrected chi connectivity index (χ4v) is 5.23. The van der Waals surface area contributed by atoms with Gasteiger partial charge in [0.1, 0.15) is 0 Å². The highest BCUT2D eigenvalue weighted by molar-refractivity contribution is 5.33. The van der Waals surface area contributed by atoms with Crippen LogP contribution in [-0.2, 0) is 0 Å². The van der Waals surface area contributed by atoms with Crippen molar-refractivity contribution in [1.29, 1.82) is 0 Å². The van der Waals surface area contributed by atoms with Crippen LogP contribution in [0.5, 0.6) is 0 Å². The van der Waals surface area contributed by atoms with Gasteiger partial charge in [0.05, 0.1) is 6.54 Å². The Balaban J connectivity index is 0.00000132. The minimum absolute atomic E-state index is 0. The summed E-state index contributed by atoms with van der Waals surface area (Å²) in [5, 5.41) is 3.82. The monoisotopic (exact) mass is 300 g/mol. The van der Waals surface area contributed by atoms with Gasteiger partial charge in [-0.15, -0.1) is 0 Å². The van der Waals surface area contributed by atoms with Crippen molar-refractivity contribution in [1.82, 2.24) is 5.32 Å². The molecule has 21 heavy (non-hydrogen) atoms. The second-order valence-corrected chi connectivity index (χ2v) is 7.22. The summed E-state index contributed by atoms with van der Waals surface area (Å²) in [6.45, 7) is 0.848. The predicted molar refractivity (Wildman–Crippen MR) is 82.2 cm³/mol. The maximum absolute atomic E-state index is 3.82. The quantitative estimate of drug-likeness (QED) is 0.789. The van der Waals surface area contributed by atoms with Gasteiger partial charge in [0, 0.05) is 11.1 Å². The van der Waals surface area contributed by atoms with Gasteiger partial charge in [-0.2, -0.15) is 0 Å². The third-order valence-corrected chi connectivity index (χ3v) is 5.60. The molecule has 0 heterocycles. The van der Waals surface area contributed by atoms with E-state index >= 15 is 0 Å². The van der Waals surface area contributed by atoms with Crippen LogP contribution in [0.15, 0.2) is 30.3 Å². The summed E-state index contributed by atoms with van der Waals surface area (Å²) < 4.78 is 0. The van der Waals surface area contributed by atoms with E-state index in [1.165, 1.54) is 38.5 Å². The number of hydrogen-bond donors (Lipinski definition) is 1. The minimum atomic E-state index is 0. The molecule has 1 aromatic rings. The molecule has 4 fully saturated rings. The van der Waals surface area contributed by atoms with Gasteiger partial charge in [-0.05, 0) is 68.4 Å². The molecule has 0 unspecified atom stereocenters. The van der Waals surface area contributed by atoms with Crippen LogP contribution >= 0.6 is 0 Å². The molecule has 5 rings (SSSR count). The molecular weight excluding hydrogens is 278 g/mol. The molecule has 0 aliphatic heterocycles. The van der Waals surface area contributed by atoms with E-state index in [2.05, 4.69) is 41.4 Å². The molecule has 1 aromatic carbocycles. The molecule has 0 spiro atoms. The van der Waals surface area contributed by atoms with Gasteiger partial charge >= 0.3 is 0 Å². The number of benzene rings is 1. The smallest absolute Gasteiger partial charge is 0.0584 e. The first kappa shape index (κ1) is 14.9. The molecule has 4 saturated carbocycles. The Hall–Kier alpha value is -0.970. The lowest BCUT2D eigenvalue weighted by molar-refractivity contribution is -0.0176. The van der Waals surface area contributed by atoms with Crippen LogP contribution in [0.1, 0.15) is 44.1 Å². The van der Waals surface area contributed by atoms with E-state index in [9.17, 15) is 0 Å². The van der Waals surface area contributed by atoms with Gasteiger partial charge in [-0.25, -0.2) is 0 Å². The van der Waals surface area contributed by atoms with Gasteiger partial charge in [-0.3, -0.25) is 0 Å². The molecular formula is C19H23ClN-. The van der Waals surface area contributed by atoms with Crippen LogP contribution in [-0.4, -0.2) is 12.1 Å². The van der Waals surface area contributed by atoms with Crippen LogP contribution in [0.2, 0.25) is 0 Å². The van der Waals surface area contributed by atoms with Crippen molar-refractivity contribution in [3.63, 3.8) is 0 Å². The molecule has 2 heteroatoms. The Morgan fingerprint density at radius 1 is 0.952 bits per heavy atom. The lowest BCUT2D eigenvalue weighted by atomic mass is 9.53. The van der Waals surface area contributed by atoms with Gasteiger partial charge in [0.25, 0.3) is 0 Å². The zero-order valence-corrected chi connectivity index (χ0v) is 13.2. The van der Waals surface area contributed by atoms with E-state index in [4.69, 9.17) is 0 Å². The van der Waals surface area contributed by atoms with Crippen molar-refractivity contribution in [2.24, 2.45) is 17.8 Å². The van der Waals surface area contributed by atoms with E-state index < -0.39 is 0 Å². The predicted octanol–water partition coefficient (Wildman–Crippen LogP) is 0.601. The molecule has 1 nitrogen and oxygen atoms in total. The summed E-state index contributed by atoms with van der Waals surface area (Å²) in [5.41, 5.74) is 1.57. The summed E-state index contributed by atoms with van der Waals surface area (Å²) in [6.07, 6.45) is 8.76. The maximum Gasteiger partial charge on any atom is 0.0584 e. The van der Waals surface area contributed by atoms with Crippen molar-refractivity contribution in [3.05, 3.63) is 35.9 Å². The van der Waals surface area contributed by atoms with E-state index in [-0.39, 0.29) is 12.4 Å². The first-order valence-corrected chi connectivity index (χ1v) is 8.10. The molecule has 1 N–H and O–H groups in total. The standard InChI is InChI=1S/C19H23N.ClH/c1-2-5-15(6-3-1)7-4-8-20-19-12-16-9-17(13-19)11-18(10-16)14-19;/h1-3,5-6,16-18,20H,8-14H2;1H/p-1. The minimum Gasteiger partial charge on any atom is -1.00 e. The average molecular weight is 301 g/mol. The number of nitrogens with one attached hydrogen (secondary N) is 1. The maximum atomic E-state index is 3.82. The van der Waals surface area contributed by atoms with Crippen molar-refractivity contribution >= 4 is 0 Å². The highest BCUT2D eigenvalue weighted by Gasteiger charge is 2.50. The highest BCUT2D eigenvalue weighted by Crippen LogP contribution is 2.55. The summed E-state index contributed by atoms with van der Waals surface area (Å²) >= 11 is 0. The number of hydrogen-bond acceptors (Lipinski definition) is 1. The molecule has 0 aromatic heterocycles.